The monoisotopic (exact) mass is 360 g/mol. The number of hydrogen-bond donors (Lipinski definition) is 1. The Morgan fingerprint density at radius 3 is 1.44 bits per heavy atom. The number of carboxylic acids is 1. The molecular formula is C15H20O10. The molecule has 2 atom stereocenters. The molecular weight excluding hydrogens is 340 g/mol. The van der Waals surface area contributed by atoms with Gasteiger partial charge in [0, 0.05) is 40.5 Å². The van der Waals surface area contributed by atoms with Crippen LogP contribution in [0.25, 0.3) is 0 Å². The van der Waals surface area contributed by atoms with Gasteiger partial charge in [0.1, 0.15) is 12.2 Å². The second kappa shape index (κ2) is 7.95. The largest absolute Gasteiger partial charge is 0.478 e. The molecule has 0 unspecified atom stereocenters. The molecule has 0 amide bonds. The van der Waals surface area contributed by atoms with E-state index in [2.05, 4.69) is 0 Å². The Balaban J connectivity index is 3.32. The smallest absolute Gasteiger partial charge is 0.348 e. The summed E-state index contributed by atoms with van der Waals surface area (Å²) in [6.07, 6.45) is -4.72. The van der Waals surface area contributed by atoms with Gasteiger partial charge in [0.05, 0.1) is 0 Å². The van der Waals surface area contributed by atoms with E-state index in [1.807, 2.05) is 0 Å². The summed E-state index contributed by atoms with van der Waals surface area (Å²) in [4.78, 5) is 57.1. The van der Waals surface area contributed by atoms with Gasteiger partial charge in [-0.3, -0.25) is 19.2 Å². The molecule has 0 aromatic heterocycles. The van der Waals surface area contributed by atoms with Crippen molar-refractivity contribution in [1.82, 2.24) is 0 Å². The molecule has 0 saturated heterocycles. The minimum atomic E-state index is -2.09. The number of aliphatic carboxylic acids is 1. The summed E-state index contributed by atoms with van der Waals surface area (Å²) in [5.74, 6) is -4.66. The molecule has 25 heavy (non-hydrogen) atoms. The Hall–Kier alpha value is -2.65. The summed E-state index contributed by atoms with van der Waals surface area (Å²) in [7, 11) is 0. The van der Waals surface area contributed by atoms with E-state index < -0.39 is 66.6 Å². The van der Waals surface area contributed by atoms with Crippen molar-refractivity contribution in [3.63, 3.8) is 0 Å². The van der Waals surface area contributed by atoms with E-state index in [1.54, 1.807) is 0 Å². The molecule has 1 fully saturated rings. The van der Waals surface area contributed by atoms with Crippen LogP contribution in [-0.4, -0.2) is 58.9 Å². The Morgan fingerprint density at radius 2 is 1.16 bits per heavy atom. The summed E-state index contributed by atoms with van der Waals surface area (Å²) >= 11 is 0. The van der Waals surface area contributed by atoms with Gasteiger partial charge in [-0.1, -0.05) is 0 Å². The van der Waals surface area contributed by atoms with Gasteiger partial charge in [-0.25, -0.2) is 4.79 Å². The maximum absolute atomic E-state index is 11.7. The number of rotatable bonds is 5. The molecule has 1 saturated carbocycles. The van der Waals surface area contributed by atoms with Gasteiger partial charge in [-0.05, 0) is 0 Å². The normalized spacial score (nSPS) is 28.4. The molecule has 0 spiro atoms. The molecule has 0 bridgehead atoms. The van der Waals surface area contributed by atoms with Crippen LogP contribution in [0.15, 0.2) is 0 Å². The van der Waals surface area contributed by atoms with Crippen LogP contribution in [-0.2, 0) is 42.9 Å². The lowest BCUT2D eigenvalue weighted by Crippen LogP contribution is -2.60. The summed E-state index contributed by atoms with van der Waals surface area (Å²) in [6.45, 7) is 4.27. The maximum atomic E-state index is 11.7. The average Bonchev–Trinajstić information content (AvgIpc) is 2.40. The van der Waals surface area contributed by atoms with Gasteiger partial charge in [0.15, 0.2) is 6.10 Å². The highest BCUT2D eigenvalue weighted by atomic mass is 16.6. The number of esters is 4. The lowest BCUT2D eigenvalue weighted by Gasteiger charge is -2.43. The molecule has 140 valence electrons. The first-order valence-corrected chi connectivity index (χ1v) is 7.41. The van der Waals surface area contributed by atoms with Gasteiger partial charge < -0.3 is 24.1 Å². The minimum absolute atomic E-state index is 0.461. The molecule has 0 radical (unpaired) electrons. The third-order valence-corrected chi connectivity index (χ3v) is 3.46. The van der Waals surface area contributed by atoms with Crippen molar-refractivity contribution in [3.05, 3.63) is 0 Å². The fraction of sp³-hybridized carbons (Fsp3) is 0.667. The molecule has 1 aliphatic carbocycles. The lowest BCUT2D eigenvalue weighted by molar-refractivity contribution is -0.220. The molecule has 0 aromatic rings. The number of ether oxygens (including phenoxy) is 4. The Kier molecular flexibility index (Phi) is 6.49. The van der Waals surface area contributed by atoms with Crippen LogP contribution < -0.4 is 0 Å². The molecule has 0 heterocycles. The molecule has 1 aliphatic rings. The molecule has 0 aromatic carbocycles. The first-order valence-electron chi connectivity index (χ1n) is 7.41. The standard InChI is InChI=1S/C15H20O10/c1-7(16)22-11-5-15(14(20)21,25-10(4)19)6-12(23-8(2)17)13(11)24-9(3)18/h11-13H,5-6H2,1-4H3,(H,20,21)/t11-,12-,13-,15+/m1/s1. The van der Waals surface area contributed by atoms with Gasteiger partial charge in [0.25, 0.3) is 0 Å². The van der Waals surface area contributed by atoms with Crippen molar-refractivity contribution in [1.29, 1.82) is 0 Å². The second-order valence-electron chi connectivity index (χ2n) is 5.67. The van der Waals surface area contributed by atoms with Gasteiger partial charge >= 0.3 is 29.8 Å². The van der Waals surface area contributed by atoms with Crippen molar-refractivity contribution >= 4 is 29.8 Å². The van der Waals surface area contributed by atoms with Gasteiger partial charge in [-0.2, -0.15) is 0 Å². The van der Waals surface area contributed by atoms with Gasteiger partial charge in [0.2, 0.25) is 5.60 Å². The van der Waals surface area contributed by atoms with Crippen LogP contribution in [0, 0.1) is 0 Å². The zero-order valence-electron chi connectivity index (χ0n) is 14.3. The molecule has 1 N–H and O–H groups in total. The van der Waals surface area contributed by atoms with E-state index >= 15 is 0 Å². The van der Waals surface area contributed by atoms with E-state index in [-0.39, 0.29) is 0 Å². The van der Waals surface area contributed by atoms with Crippen molar-refractivity contribution in [2.75, 3.05) is 0 Å². The molecule has 0 aliphatic heterocycles. The van der Waals surface area contributed by atoms with Crippen LogP contribution in [0.5, 0.6) is 0 Å². The average molecular weight is 360 g/mol. The van der Waals surface area contributed by atoms with Crippen LogP contribution in [0.3, 0.4) is 0 Å². The SMILES string of the molecule is CC(=O)O[C@@H]1C[C@](OC(C)=O)(C(=O)O)C[C@@H](OC(C)=O)[C@H]1OC(C)=O. The van der Waals surface area contributed by atoms with Crippen molar-refractivity contribution in [3.8, 4) is 0 Å². The van der Waals surface area contributed by atoms with Crippen molar-refractivity contribution < 1.29 is 48.0 Å². The van der Waals surface area contributed by atoms with Crippen LogP contribution in [0.2, 0.25) is 0 Å². The summed E-state index contributed by atoms with van der Waals surface area (Å²) < 4.78 is 20.1. The lowest BCUT2D eigenvalue weighted by atomic mass is 9.79. The van der Waals surface area contributed by atoms with E-state index in [9.17, 15) is 29.1 Å². The summed E-state index contributed by atoms with van der Waals surface area (Å²) in [5, 5.41) is 9.54. The predicted molar refractivity (Wildman–Crippen MR) is 78.0 cm³/mol. The quantitative estimate of drug-likeness (QED) is 0.524. The number of hydrogen-bond acceptors (Lipinski definition) is 9. The number of carbonyl (C=O) groups excluding carboxylic acids is 4. The fourth-order valence-corrected chi connectivity index (χ4v) is 2.77. The third-order valence-electron chi connectivity index (χ3n) is 3.46. The predicted octanol–water partition coefficient (Wildman–Crippen LogP) is -0.0382. The number of carboxylic acid groups (broad SMARTS) is 1. The maximum Gasteiger partial charge on any atom is 0.348 e. The second-order valence-corrected chi connectivity index (χ2v) is 5.67. The molecule has 10 nitrogen and oxygen atoms in total. The highest BCUT2D eigenvalue weighted by Gasteiger charge is 2.57. The molecule has 10 heteroatoms. The fourth-order valence-electron chi connectivity index (χ4n) is 2.77. The Labute approximate surface area is 143 Å². The molecule has 1 rings (SSSR count). The van der Waals surface area contributed by atoms with Crippen molar-refractivity contribution in [2.45, 2.75) is 64.4 Å². The topological polar surface area (TPSA) is 143 Å². The Bertz CT molecular complexity index is 555. The number of carbonyl (C=O) groups is 5. The Morgan fingerprint density at radius 1 is 0.760 bits per heavy atom. The van der Waals surface area contributed by atoms with Crippen molar-refractivity contribution in [2.24, 2.45) is 0 Å². The zero-order chi connectivity index (χ0) is 19.4. The first-order chi connectivity index (χ1) is 11.5. The zero-order valence-corrected chi connectivity index (χ0v) is 14.3. The highest BCUT2D eigenvalue weighted by Crippen LogP contribution is 2.37. The summed E-state index contributed by atoms with van der Waals surface area (Å²) in [5.41, 5.74) is -2.09. The first kappa shape index (κ1) is 20.4. The van der Waals surface area contributed by atoms with E-state index in [0.29, 0.717) is 0 Å². The van der Waals surface area contributed by atoms with Gasteiger partial charge in [-0.15, -0.1) is 0 Å². The third kappa shape index (κ3) is 5.44. The van der Waals surface area contributed by atoms with Crippen LogP contribution >= 0.6 is 0 Å². The minimum Gasteiger partial charge on any atom is -0.478 e. The van der Waals surface area contributed by atoms with E-state index in [1.165, 1.54) is 0 Å². The van der Waals surface area contributed by atoms with E-state index in [0.717, 1.165) is 27.7 Å². The van der Waals surface area contributed by atoms with Crippen LogP contribution in [0.1, 0.15) is 40.5 Å². The summed E-state index contributed by atoms with van der Waals surface area (Å²) in [6, 6.07) is 0. The van der Waals surface area contributed by atoms with E-state index in [4.69, 9.17) is 18.9 Å². The van der Waals surface area contributed by atoms with Crippen LogP contribution in [0.4, 0.5) is 0 Å². The highest BCUT2D eigenvalue weighted by molar-refractivity contribution is 5.82.